The van der Waals surface area contributed by atoms with Crippen LogP contribution in [0.3, 0.4) is 0 Å². The molecule has 0 fully saturated rings. The van der Waals surface area contributed by atoms with Gasteiger partial charge in [-0.3, -0.25) is 0 Å². The van der Waals surface area contributed by atoms with Crippen LogP contribution in [0, 0.1) is 0 Å². The zero-order chi connectivity index (χ0) is 25.5. The number of nitrogens with zero attached hydrogens (tertiary/aromatic N) is 1. The third-order valence-electron chi connectivity index (χ3n) is 4.94. The highest BCUT2D eigenvalue weighted by molar-refractivity contribution is 8.22. The molecule has 0 heterocycles. The lowest BCUT2D eigenvalue weighted by molar-refractivity contribution is -0.0458. The molecule has 1 atom stereocenters. The van der Waals surface area contributed by atoms with Gasteiger partial charge in [-0.15, -0.1) is 0 Å². The van der Waals surface area contributed by atoms with E-state index < -0.39 is 41.3 Å². The second-order valence-electron chi connectivity index (χ2n) is 7.54. The van der Waals surface area contributed by atoms with Crippen molar-refractivity contribution in [2.75, 3.05) is 18.0 Å². The molecule has 0 amide bonds. The van der Waals surface area contributed by atoms with Crippen LogP contribution in [-0.2, 0) is 26.1 Å². The maximum Gasteiger partial charge on any atom is 0.502 e. The summed E-state index contributed by atoms with van der Waals surface area (Å²) in [7, 11) is -13.2. The number of hydrogen-bond acceptors (Lipinski definition) is 4. The Balaban J connectivity index is 3.34. The van der Waals surface area contributed by atoms with Crippen LogP contribution >= 0.6 is 0 Å². The van der Waals surface area contributed by atoms with Gasteiger partial charge in [0.05, 0.1) is 0 Å². The normalized spacial score (nSPS) is 14.7. The summed E-state index contributed by atoms with van der Waals surface area (Å²) < 4.78 is 120. The van der Waals surface area contributed by atoms with Crippen molar-refractivity contribution in [3.63, 3.8) is 0 Å². The molecule has 1 aromatic rings. The second-order valence-corrected chi connectivity index (χ2v) is 11.8. The summed E-state index contributed by atoms with van der Waals surface area (Å²) in [5.41, 5.74) is -11.8. The maximum absolute atomic E-state index is 13.0. The molecule has 192 valence electrons. The smallest absolute Gasteiger partial charge is 0.372 e. The van der Waals surface area contributed by atoms with Gasteiger partial charge >= 0.3 is 11.0 Å². The highest BCUT2D eigenvalue weighted by Gasteiger charge is 2.55. The predicted molar refractivity (Wildman–Crippen MR) is 118 cm³/mol. The van der Waals surface area contributed by atoms with Gasteiger partial charge in [0.15, 0.2) is 9.80 Å². The quantitative estimate of drug-likeness (QED) is 0.226. The van der Waals surface area contributed by atoms with E-state index in [2.05, 4.69) is 0 Å². The van der Waals surface area contributed by atoms with Gasteiger partial charge in [-0.1, -0.05) is 51.7 Å². The minimum absolute atomic E-state index is 0.269. The first-order valence-corrected chi connectivity index (χ1v) is 13.4. The molecule has 0 saturated carbocycles. The molecule has 0 saturated heterocycles. The molecule has 0 aliphatic carbocycles. The second kappa shape index (κ2) is 11.8. The topological polar surface area (TPSA) is 74.7 Å². The zero-order valence-corrected chi connectivity index (χ0v) is 20.0. The van der Waals surface area contributed by atoms with E-state index >= 15 is 0 Å². The first-order chi connectivity index (χ1) is 15.1. The summed E-state index contributed by atoms with van der Waals surface area (Å²) in [5.74, 6) is 0. The Hall–Kier alpha value is -1.47. The van der Waals surface area contributed by atoms with E-state index in [1.165, 1.54) is 24.3 Å². The third kappa shape index (κ3) is 7.78. The summed E-state index contributed by atoms with van der Waals surface area (Å²) in [6, 6.07) is 5.25. The van der Waals surface area contributed by atoms with Crippen molar-refractivity contribution in [1.29, 1.82) is 0 Å². The van der Waals surface area contributed by atoms with E-state index in [4.69, 9.17) is 0 Å². The zero-order valence-electron chi connectivity index (χ0n) is 18.4. The monoisotopic (exact) mass is 525 g/mol. The Morgan fingerprint density at radius 1 is 0.818 bits per heavy atom. The van der Waals surface area contributed by atoms with Crippen molar-refractivity contribution < 1.29 is 43.5 Å². The van der Waals surface area contributed by atoms with Crippen LogP contribution in [0.4, 0.5) is 32.0 Å². The SMILES string of the molecule is CCCCCN(CCCCC)c1ccc(CC(S(=O)(=O)C(F)(F)F)=S(=O)(O)C(F)(F)F)cc1. The number of halogens is 6. The summed E-state index contributed by atoms with van der Waals surface area (Å²) in [4.78, 5) is 2.04. The Morgan fingerprint density at radius 3 is 1.64 bits per heavy atom. The third-order valence-corrected chi connectivity index (χ3v) is 9.02. The van der Waals surface area contributed by atoms with Crippen molar-refractivity contribution in [3.8, 4) is 0 Å². The Kier molecular flexibility index (Phi) is 10.6. The van der Waals surface area contributed by atoms with E-state index in [0.717, 1.165) is 38.5 Å². The molecule has 0 aliphatic heterocycles. The lowest BCUT2D eigenvalue weighted by Crippen LogP contribution is -2.40. The van der Waals surface area contributed by atoms with Crippen LogP contribution in [0.2, 0.25) is 0 Å². The molecular formula is C20H29F6NO4S2. The fourth-order valence-electron chi connectivity index (χ4n) is 3.07. The van der Waals surface area contributed by atoms with Gasteiger partial charge in [-0.2, -0.15) is 26.3 Å². The molecule has 1 aromatic carbocycles. The predicted octanol–water partition coefficient (Wildman–Crippen LogP) is 5.76. The van der Waals surface area contributed by atoms with Crippen molar-refractivity contribution in [2.45, 2.75) is 69.8 Å². The van der Waals surface area contributed by atoms with Gasteiger partial charge in [-0.05, 0) is 30.5 Å². The minimum Gasteiger partial charge on any atom is -0.372 e. The average molecular weight is 526 g/mol. The summed E-state index contributed by atoms with van der Waals surface area (Å²) in [6.07, 6.45) is 4.25. The standard InChI is InChI=1S/C20H29F6NO4S2/c1-3-5-7-13-27(14-8-6-4-2)17-11-9-16(10-12-17)15-18(32(28,29)19(21,22)23)33(30,31)20(24,25)26/h9-12H,3-8,13-15H2,1-2H3,(H,28,29). The first kappa shape index (κ1) is 29.6. The molecule has 33 heavy (non-hydrogen) atoms. The molecule has 5 nitrogen and oxygen atoms in total. The fraction of sp³-hybridized carbons (Fsp3) is 0.650. The van der Waals surface area contributed by atoms with Crippen molar-refractivity contribution >= 4 is 29.5 Å². The van der Waals surface area contributed by atoms with Crippen molar-refractivity contribution in [2.24, 2.45) is 0 Å². The molecule has 0 radical (unpaired) electrons. The van der Waals surface area contributed by atoms with E-state index in [9.17, 15) is 43.5 Å². The maximum atomic E-state index is 13.0. The van der Waals surface area contributed by atoms with Gasteiger partial charge in [0.25, 0.3) is 9.84 Å². The number of alkyl halides is 6. The molecule has 1 N–H and O–H groups in total. The van der Waals surface area contributed by atoms with Gasteiger partial charge < -0.3 is 9.45 Å². The summed E-state index contributed by atoms with van der Waals surface area (Å²) in [5, 5.41) is 0. The van der Waals surface area contributed by atoms with Crippen LogP contribution in [0.15, 0.2) is 24.3 Å². The molecule has 13 heteroatoms. The number of unbranched alkanes of at least 4 members (excludes halogenated alkanes) is 4. The Bertz CT molecular complexity index is 969. The molecule has 0 bridgehead atoms. The number of sulfone groups is 1. The Labute approximate surface area is 190 Å². The highest BCUT2D eigenvalue weighted by Crippen LogP contribution is 2.32. The lowest BCUT2D eigenvalue weighted by atomic mass is 10.1. The number of anilines is 1. The summed E-state index contributed by atoms with van der Waals surface area (Å²) in [6.45, 7) is 5.49. The molecule has 1 unspecified atom stereocenters. The fourth-order valence-corrected chi connectivity index (χ4v) is 6.06. The van der Waals surface area contributed by atoms with Gasteiger partial charge in [0.1, 0.15) is 4.20 Å². The van der Waals surface area contributed by atoms with Crippen LogP contribution in [0.1, 0.15) is 57.9 Å². The van der Waals surface area contributed by atoms with Crippen LogP contribution in [0.5, 0.6) is 0 Å². The van der Waals surface area contributed by atoms with Crippen molar-refractivity contribution in [1.82, 2.24) is 0 Å². The van der Waals surface area contributed by atoms with Crippen molar-refractivity contribution in [3.05, 3.63) is 29.8 Å². The van der Waals surface area contributed by atoms with E-state index in [1.807, 2.05) is 18.7 Å². The number of hydrogen-bond donors (Lipinski definition) is 1. The van der Waals surface area contributed by atoms with Gasteiger partial charge in [0.2, 0.25) is 0 Å². The number of benzene rings is 1. The van der Waals surface area contributed by atoms with Crippen LogP contribution < -0.4 is 4.90 Å². The lowest BCUT2D eigenvalue weighted by Gasteiger charge is -2.25. The molecular weight excluding hydrogens is 496 g/mol. The minimum atomic E-state index is -6.67. The number of rotatable bonds is 11. The average Bonchev–Trinajstić information content (AvgIpc) is 2.69. The Morgan fingerprint density at radius 2 is 1.27 bits per heavy atom. The van der Waals surface area contributed by atoms with E-state index in [1.54, 1.807) is 0 Å². The highest BCUT2D eigenvalue weighted by atomic mass is 32.3. The van der Waals surface area contributed by atoms with Gasteiger partial charge in [0, 0.05) is 25.2 Å². The largest absolute Gasteiger partial charge is 0.502 e. The molecule has 0 aliphatic rings. The van der Waals surface area contributed by atoms with E-state index in [0.29, 0.717) is 18.8 Å². The molecule has 1 rings (SSSR count). The van der Waals surface area contributed by atoms with E-state index in [-0.39, 0.29) is 5.56 Å². The van der Waals surface area contributed by atoms with Gasteiger partial charge in [-0.25, -0.2) is 12.6 Å². The first-order valence-electron chi connectivity index (χ1n) is 10.4. The summed E-state index contributed by atoms with van der Waals surface area (Å²) >= 11 is 0. The molecule has 0 aromatic heterocycles. The van der Waals surface area contributed by atoms with Crippen LogP contribution in [0.25, 0.3) is 0 Å². The molecule has 0 spiro atoms. The van der Waals surface area contributed by atoms with Crippen LogP contribution in [-0.4, -0.2) is 45.5 Å².